The molecule has 4 nitrogen and oxygen atoms in total. The number of carbonyl (C=O) groups is 1. The molecule has 2 aromatic carbocycles. The number of halogens is 2. The number of aromatic carboxylic acids is 1. The van der Waals surface area contributed by atoms with Gasteiger partial charge < -0.3 is 14.8 Å². The number of furan rings is 1. The zero-order valence-electron chi connectivity index (χ0n) is 12.4. The minimum absolute atomic E-state index is 0.170. The van der Waals surface area contributed by atoms with Crippen LogP contribution in [-0.2, 0) is 6.54 Å². The van der Waals surface area contributed by atoms with Crippen molar-refractivity contribution in [3.05, 3.63) is 76.0 Å². The van der Waals surface area contributed by atoms with Crippen LogP contribution >= 0.6 is 23.2 Å². The van der Waals surface area contributed by atoms with Gasteiger partial charge in [-0.25, -0.2) is 4.79 Å². The van der Waals surface area contributed by atoms with Crippen LogP contribution in [0.15, 0.2) is 59.0 Å². The van der Waals surface area contributed by atoms with E-state index in [1.807, 2.05) is 24.3 Å². The van der Waals surface area contributed by atoms with Crippen LogP contribution in [0.1, 0.15) is 16.1 Å². The minimum atomic E-state index is -1.00. The lowest BCUT2D eigenvalue weighted by atomic mass is 10.2. The molecular formula is C18H13Cl2NO3. The Hall–Kier alpha value is -2.43. The van der Waals surface area contributed by atoms with Crippen LogP contribution < -0.4 is 5.32 Å². The van der Waals surface area contributed by atoms with E-state index in [-0.39, 0.29) is 5.56 Å². The van der Waals surface area contributed by atoms with Crippen molar-refractivity contribution in [2.24, 2.45) is 0 Å². The molecule has 0 bridgehead atoms. The molecule has 1 heterocycles. The molecule has 0 radical (unpaired) electrons. The molecule has 0 saturated carbocycles. The fraction of sp³-hybridized carbons (Fsp3) is 0.0556. The lowest BCUT2D eigenvalue weighted by Crippen LogP contribution is -2.02. The molecule has 122 valence electrons. The fourth-order valence-electron chi connectivity index (χ4n) is 2.22. The Morgan fingerprint density at radius 1 is 1.04 bits per heavy atom. The number of anilines is 1. The summed E-state index contributed by atoms with van der Waals surface area (Å²) in [4.78, 5) is 11.0. The normalized spacial score (nSPS) is 10.6. The van der Waals surface area contributed by atoms with Crippen molar-refractivity contribution >= 4 is 34.9 Å². The molecule has 1 aromatic heterocycles. The second kappa shape index (κ2) is 6.99. The summed E-state index contributed by atoms with van der Waals surface area (Å²) in [5.74, 6) is 0.434. The molecule has 0 amide bonds. The van der Waals surface area contributed by atoms with Gasteiger partial charge in [0.15, 0.2) is 0 Å². The molecule has 0 fully saturated rings. The number of nitrogens with one attached hydrogen (secondary N) is 1. The van der Waals surface area contributed by atoms with Crippen molar-refractivity contribution in [2.45, 2.75) is 6.54 Å². The summed E-state index contributed by atoms with van der Waals surface area (Å²) in [5.41, 5.74) is 1.64. The van der Waals surface area contributed by atoms with Gasteiger partial charge in [-0.1, -0.05) is 23.2 Å². The maximum Gasteiger partial charge on any atom is 0.335 e. The summed E-state index contributed by atoms with van der Waals surface area (Å²) < 4.78 is 5.78. The zero-order chi connectivity index (χ0) is 17.1. The van der Waals surface area contributed by atoms with Crippen molar-refractivity contribution in [1.29, 1.82) is 0 Å². The highest BCUT2D eigenvalue weighted by Crippen LogP contribution is 2.26. The maximum atomic E-state index is 11.0. The monoisotopic (exact) mass is 361 g/mol. The first-order valence-electron chi connectivity index (χ1n) is 7.14. The van der Waals surface area contributed by atoms with E-state index in [2.05, 4.69) is 5.32 Å². The van der Waals surface area contributed by atoms with Crippen LogP contribution in [0.2, 0.25) is 10.0 Å². The Balaban J connectivity index is 1.73. The van der Waals surface area contributed by atoms with Crippen LogP contribution in [0.5, 0.6) is 0 Å². The average Bonchev–Trinajstić information content (AvgIpc) is 3.03. The van der Waals surface area contributed by atoms with Crippen LogP contribution in [0.3, 0.4) is 0 Å². The lowest BCUT2D eigenvalue weighted by molar-refractivity contribution is 0.0697. The standard InChI is InChI=1S/C18H13Cl2NO3/c19-13-4-1-11(2-5-13)17-8-6-14(24-17)10-21-16-9-12(18(22)23)3-7-15(16)20/h1-9,21H,10H2,(H,22,23). The Labute approximate surface area is 148 Å². The largest absolute Gasteiger partial charge is 0.478 e. The molecule has 0 aliphatic rings. The highest BCUT2D eigenvalue weighted by atomic mass is 35.5. The third-order valence-electron chi connectivity index (χ3n) is 3.46. The number of hydrogen-bond acceptors (Lipinski definition) is 3. The quantitative estimate of drug-likeness (QED) is 0.623. The first kappa shape index (κ1) is 16.4. The molecule has 24 heavy (non-hydrogen) atoms. The van der Waals surface area contributed by atoms with Crippen LogP contribution in [-0.4, -0.2) is 11.1 Å². The van der Waals surface area contributed by atoms with E-state index in [4.69, 9.17) is 32.7 Å². The van der Waals surface area contributed by atoms with Gasteiger partial charge in [-0.05, 0) is 54.6 Å². The molecule has 2 N–H and O–H groups in total. The van der Waals surface area contributed by atoms with Gasteiger partial charge >= 0.3 is 5.97 Å². The topological polar surface area (TPSA) is 62.5 Å². The lowest BCUT2D eigenvalue weighted by Gasteiger charge is -2.08. The van der Waals surface area contributed by atoms with Gasteiger partial charge in [-0.15, -0.1) is 0 Å². The van der Waals surface area contributed by atoms with E-state index in [9.17, 15) is 4.79 Å². The van der Waals surface area contributed by atoms with E-state index in [0.29, 0.717) is 28.0 Å². The SMILES string of the molecule is O=C(O)c1ccc(Cl)c(NCc2ccc(-c3ccc(Cl)cc3)o2)c1. The number of carboxylic acid groups (broad SMARTS) is 1. The number of benzene rings is 2. The molecule has 3 rings (SSSR count). The number of hydrogen-bond donors (Lipinski definition) is 2. The molecule has 0 saturated heterocycles. The summed E-state index contributed by atoms with van der Waals surface area (Å²) in [7, 11) is 0. The van der Waals surface area contributed by atoms with Crippen molar-refractivity contribution in [2.75, 3.05) is 5.32 Å². The summed E-state index contributed by atoms with van der Waals surface area (Å²) >= 11 is 12.0. The van der Waals surface area contributed by atoms with Crippen molar-refractivity contribution in [1.82, 2.24) is 0 Å². The summed E-state index contributed by atoms with van der Waals surface area (Å²) in [5, 5.41) is 13.2. The van der Waals surface area contributed by atoms with E-state index in [1.54, 1.807) is 18.2 Å². The average molecular weight is 362 g/mol. The van der Waals surface area contributed by atoms with Crippen LogP contribution in [0.25, 0.3) is 11.3 Å². The third-order valence-corrected chi connectivity index (χ3v) is 4.04. The highest BCUT2D eigenvalue weighted by molar-refractivity contribution is 6.33. The smallest absolute Gasteiger partial charge is 0.335 e. The zero-order valence-corrected chi connectivity index (χ0v) is 13.9. The Bertz CT molecular complexity index is 872. The second-order valence-corrected chi connectivity index (χ2v) is 5.97. The molecular weight excluding hydrogens is 349 g/mol. The molecule has 0 aliphatic heterocycles. The predicted molar refractivity (Wildman–Crippen MR) is 94.9 cm³/mol. The van der Waals surface area contributed by atoms with E-state index in [0.717, 1.165) is 11.3 Å². The summed E-state index contributed by atoms with van der Waals surface area (Å²) in [6, 6.07) is 15.6. The van der Waals surface area contributed by atoms with E-state index >= 15 is 0 Å². The number of rotatable bonds is 5. The van der Waals surface area contributed by atoms with Crippen LogP contribution in [0.4, 0.5) is 5.69 Å². The minimum Gasteiger partial charge on any atom is -0.478 e. The second-order valence-electron chi connectivity index (χ2n) is 5.13. The van der Waals surface area contributed by atoms with E-state index in [1.165, 1.54) is 12.1 Å². The molecule has 0 unspecified atom stereocenters. The van der Waals surface area contributed by atoms with Crippen molar-refractivity contribution < 1.29 is 14.3 Å². The van der Waals surface area contributed by atoms with Gasteiger partial charge in [0.25, 0.3) is 0 Å². The van der Waals surface area contributed by atoms with Crippen LogP contribution in [0, 0.1) is 0 Å². The van der Waals surface area contributed by atoms with Gasteiger partial charge in [0.05, 0.1) is 22.8 Å². The van der Waals surface area contributed by atoms with E-state index < -0.39 is 5.97 Å². The third kappa shape index (κ3) is 3.72. The van der Waals surface area contributed by atoms with Gasteiger partial charge in [-0.2, -0.15) is 0 Å². The first-order chi connectivity index (χ1) is 11.5. The highest BCUT2D eigenvalue weighted by Gasteiger charge is 2.09. The molecule has 0 spiro atoms. The molecule has 0 aliphatic carbocycles. The Morgan fingerprint density at radius 2 is 1.79 bits per heavy atom. The molecule has 6 heteroatoms. The predicted octanol–water partition coefficient (Wildman–Crippen LogP) is 5.56. The van der Waals surface area contributed by atoms with Gasteiger partial charge in [0, 0.05) is 10.6 Å². The summed E-state index contributed by atoms with van der Waals surface area (Å²) in [6.45, 7) is 0.385. The van der Waals surface area contributed by atoms with Gasteiger partial charge in [-0.3, -0.25) is 0 Å². The molecule has 0 atom stereocenters. The van der Waals surface area contributed by atoms with Crippen molar-refractivity contribution in [3.8, 4) is 11.3 Å². The molecule has 3 aromatic rings. The number of carboxylic acids is 1. The van der Waals surface area contributed by atoms with Crippen molar-refractivity contribution in [3.63, 3.8) is 0 Å². The summed E-state index contributed by atoms with van der Waals surface area (Å²) in [6.07, 6.45) is 0. The Kier molecular flexibility index (Phi) is 4.79. The first-order valence-corrected chi connectivity index (χ1v) is 7.90. The van der Waals surface area contributed by atoms with Gasteiger partial charge in [0.1, 0.15) is 11.5 Å². The Morgan fingerprint density at radius 3 is 2.50 bits per heavy atom. The fourth-order valence-corrected chi connectivity index (χ4v) is 2.53. The maximum absolute atomic E-state index is 11.0. The van der Waals surface area contributed by atoms with Gasteiger partial charge in [0.2, 0.25) is 0 Å².